The van der Waals surface area contributed by atoms with Gasteiger partial charge in [0.15, 0.2) is 0 Å². The first kappa shape index (κ1) is 22.8. The fraction of sp³-hybridized carbons (Fsp3) is 0.435. The van der Waals surface area contributed by atoms with Crippen LogP contribution in [0, 0.1) is 10.1 Å². The number of azo groups is 1. The number of benzene rings is 2. The van der Waals surface area contributed by atoms with Gasteiger partial charge in [0.25, 0.3) is 5.69 Å². The molecule has 0 spiro atoms. The lowest BCUT2D eigenvalue weighted by molar-refractivity contribution is -0.384. The second-order valence-corrected chi connectivity index (χ2v) is 8.43. The Labute approximate surface area is 186 Å². The molecule has 0 amide bonds. The third kappa shape index (κ3) is 7.40. The van der Waals surface area contributed by atoms with Gasteiger partial charge in [0.1, 0.15) is 5.75 Å². The lowest BCUT2D eigenvalue weighted by Gasteiger charge is -2.06. The number of aromatic nitrogens is 1. The van der Waals surface area contributed by atoms with Crippen molar-refractivity contribution < 1.29 is 9.66 Å². The van der Waals surface area contributed by atoms with Gasteiger partial charge in [0.05, 0.1) is 27.4 Å². The fourth-order valence-corrected chi connectivity index (χ4v) is 4.01. The van der Waals surface area contributed by atoms with E-state index in [1.807, 2.05) is 24.3 Å². The summed E-state index contributed by atoms with van der Waals surface area (Å²) in [6.07, 6.45) is 10.2. The van der Waals surface area contributed by atoms with Gasteiger partial charge in [-0.15, -0.1) is 10.2 Å². The molecule has 0 saturated carbocycles. The minimum absolute atomic E-state index is 0.0437. The van der Waals surface area contributed by atoms with E-state index in [-0.39, 0.29) is 5.69 Å². The van der Waals surface area contributed by atoms with Gasteiger partial charge >= 0.3 is 0 Å². The number of rotatable bonds is 13. The number of nitrogens with zero attached hydrogens (tertiary/aromatic N) is 4. The molecule has 7 nitrogen and oxygen atoms in total. The van der Waals surface area contributed by atoms with E-state index in [9.17, 15) is 10.1 Å². The minimum Gasteiger partial charge on any atom is -0.494 e. The molecule has 0 aliphatic rings. The van der Waals surface area contributed by atoms with E-state index in [0.717, 1.165) is 18.8 Å². The van der Waals surface area contributed by atoms with E-state index in [1.165, 1.54) is 68.4 Å². The van der Waals surface area contributed by atoms with Gasteiger partial charge in [0.2, 0.25) is 5.13 Å². The maximum atomic E-state index is 10.9. The molecule has 0 fully saturated rings. The lowest BCUT2D eigenvalue weighted by atomic mass is 10.1. The summed E-state index contributed by atoms with van der Waals surface area (Å²) in [5, 5.41) is 19.7. The third-order valence-electron chi connectivity index (χ3n) is 4.93. The van der Waals surface area contributed by atoms with Gasteiger partial charge in [-0.1, -0.05) is 63.2 Å². The molecule has 0 unspecified atom stereocenters. The molecule has 1 aromatic heterocycles. The SMILES string of the molecule is CCCCCCCCCCOc1ccc(N=Nc2nc3ccc([N+](=O)[O-])cc3s2)cc1. The molecule has 0 aliphatic carbocycles. The van der Waals surface area contributed by atoms with Gasteiger partial charge in [-0.3, -0.25) is 10.1 Å². The highest BCUT2D eigenvalue weighted by molar-refractivity contribution is 7.21. The average molecular weight is 441 g/mol. The average Bonchev–Trinajstić information content (AvgIpc) is 3.19. The zero-order valence-electron chi connectivity index (χ0n) is 17.8. The van der Waals surface area contributed by atoms with Crippen LogP contribution in [-0.4, -0.2) is 16.5 Å². The number of non-ortho nitro benzene ring substituents is 1. The normalized spacial score (nSPS) is 11.4. The predicted molar refractivity (Wildman–Crippen MR) is 125 cm³/mol. The van der Waals surface area contributed by atoms with Crippen LogP contribution in [0.5, 0.6) is 5.75 Å². The summed E-state index contributed by atoms with van der Waals surface area (Å²) in [6, 6.07) is 12.1. The summed E-state index contributed by atoms with van der Waals surface area (Å²) >= 11 is 1.27. The van der Waals surface area contributed by atoms with E-state index in [0.29, 0.717) is 21.0 Å². The van der Waals surface area contributed by atoms with Crippen LogP contribution in [0.4, 0.5) is 16.5 Å². The number of nitro benzene ring substituents is 1. The number of unbranched alkanes of at least 4 members (excludes halogenated alkanes) is 7. The standard InChI is InChI=1S/C23H28N4O3S/c1-2-3-4-5-6-7-8-9-16-30-20-13-10-18(11-14-20)25-26-23-24-21-15-12-19(27(28)29)17-22(21)31-23/h10-15,17H,2-9,16H2,1H3. The number of thiazole rings is 1. The molecule has 0 radical (unpaired) electrons. The fourth-order valence-electron chi connectivity index (χ4n) is 3.19. The zero-order chi connectivity index (χ0) is 21.9. The van der Waals surface area contributed by atoms with Crippen molar-refractivity contribution >= 4 is 38.1 Å². The molecule has 2 aromatic carbocycles. The summed E-state index contributed by atoms with van der Waals surface area (Å²) in [4.78, 5) is 14.8. The molecule has 8 heteroatoms. The molecule has 0 atom stereocenters. The van der Waals surface area contributed by atoms with Crippen molar-refractivity contribution in [3.63, 3.8) is 0 Å². The van der Waals surface area contributed by atoms with Crippen LogP contribution < -0.4 is 4.74 Å². The molecule has 0 saturated heterocycles. The molecule has 3 aromatic rings. The molecule has 0 aliphatic heterocycles. The Balaban J connectivity index is 1.42. The molecular weight excluding hydrogens is 412 g/mol. The number of fused-ring (bicyclic) bond motifs is 1. The van der Waals surface area contributed by atoms with Crippen molar-refractivity contribution in [3.8, 4) is 5.75 Å². The van der Waals surface area contributed by atoms with E-state index >= 15 is 0 Å². The summed E-state index contributed by atoms with van der Waals surface area (Å²) in [7, 11) is 0. The number of ether oxygens (including phenoxy) is 1. The van der Waals surface area contributed by atoms with Crippen molar-refractivity contribution in [2.75, 3.05) is 6.61 Å². The maximum Gasteiger partial charge on any atom is 0.270 e. The monoisotopic (exact) mass is 440 g/mol. The highest BCUT2D eigenvalue weighted by Crippen LogP contribution is 2.32. The Kier molecular flexibility index (Phi) is 8.90. The van der Waals surface area contributed by atoms with Crippen molar-refractivity contribution in [3.05, 3.63) is 52.6 Å². The van der Waals surface area contributed by atoms with E-state index < -0.39 is 4.92 Å². The minimum atomic E-state index is -0.418. The highest BCUT2D eigenvalue weighted by Gasteiger charge is 2.10. The van der Waals surface area contributed by atoms with Crippen LogP contribution in [0.25, 0.3) is 10.2 Å². The summed E-state index contributed by atoms with van der Waals surface area (Å²) in [5.74, 6) is 0.828. The highest BCUT2D eigenvalue weighted by atomic mass is 32.1. The van der Waals surface area contributed by atoms with E-state index in [4.69, 9.17) is 4.74 Å². The van der Waals surface area contributed by atoms with Crippen molar-refractivity contribution in [1.82, 2.24) is 4.98 Å². The smallest absolute Gasteiger partial charge is 0.270 e. The number of hydrogen-bond donors (Lipinski definition) is 0. The first-order valence-corrected chi connectivity index (χ1v) is 11.7. The first-order valence-electron chi connectivity index (χ1n) is 10.9. The van der Waals surface area contributed by atoms with Gasteiger partial charge in [-0.2, -0.15) is 0 Å². The molecule has 0 bridgehead atoms. The Morgan fingerprint density at radius 2 is 1.68 bits per heavy atom. The summed E-state index contributed by atoms with van der Waals surface area (Å²) in [6.45, 7) is 2.97. The number of hydrogen-bond acceptors (Lipinski definition) is 7. The topological polar surface area (TPSA) is 90.0 Å². The number of nitro groups is 1. The van der Waals surface area contributed by atoms with Crippen molar-refractivity contribution in [2.45, 2.75) is 58.3 Å². The summed E-state index contributed by atoms with van der Waals surface area (Å²) < 4.78 is 6.52. The second kappa shape index (κ2) is 12.1. The Morgan fingerprint density at radius 1 is 0.968 bits per heavy atom. The quantitative estimate of drug-likeness (QED) is 0.116. The van der Waals surface area contributed by atoms with Crippen LogP contribution in [0.15, 0.2) is 52.7 Å². The molecule has 1 heterocycles. The molecule has 164 valence electrons. The van der Waals surface area contributed by atoms with Gasteiger partial charge in [-0.05, 0) is 36.8 Å². The zero-order valence-corrected chi connectivity index (χ0v) is 18.6. The first-order chi connectivity index (χ1) is 15.2. The summed E-state index contributed by atoms with van der Waals surface area (Å²) in [5.41, 5.74) is 1.42. The third-order valence-corrected chi connectivity index (χ3v) is 5.83. The Morgan fingerprint density at radius 3 is 2.39 bits per heavy atom. The predicted octanol–water partition coefficient (Wildman–Crippen LogP) is 8.14. The molecule has 0 N–H and O–H groups in total. The Bertz CT molecular complexity index is 1000. The van der Waals surface area contributed by atoms with Crippen LogP contribution in [0.3, 0.4) is 0 Å². The van der Waals surface area contributed by atoms with E-state index in [1.54, 1.807) is 6.07 Å². The lowest BCUT2D eigenvalue weighted by Crippen LogP contribution is -1.96. The Hall–Kier alpha value is -2.87. The van der Waals surface area contributed by atoms with Crippen LogP contribution >= 0.6 is 11.3 Å². The van der Waals surface area contributed by atoms with Crippen LogP contribution in [0.1, 0.15) is 58.3 Å². The van der Waals surface area contributed by atoms with Crippen molar-refractivity contribution in [2.24, 2.45) is 10.2 Å². The van der Waals surface area contributed by atoms with Gasteiger partial charge in [0, 0.05) is 12.1 Å². The van der Waals surface area contributed by atoms with Crippen molar-refractivity contribution in [1.29, 1.82) is 0 Å². The molecule has 31 heavy (non-hydrogen) atoms. The van der Waals surface area contributed by atoms with Crippen LogP contribution in [0.2, 0.25) is 0 Å². The largest absolute Gasteiger partial charge is 0.494 e. The second-order valence-electron chi connectivity index (χ2n) is 7.42. The van der Waals surface area contributed by atoms with Gasteiger partial charge in [-0.25, -0.2) is 4.98 Å². The van der Waals surface area contributed by atoms with Crippen LogP contribution in [-0.2, 0) is 0 Å². The molecule has 3 rings (SSSR count). The van der Waals surface area contributed by atoms with Gasteiger partial charge < -0.3 is 4.74 Å². The maximum absolute atomic E-state index is 10.9. The van der Waals surface area contributed by atoms with E-state index in [2.05, 4.69) is 22.1 Å². The molecular formula is C23H28N4O3S.